The third-order valence-corrected chi connectivity index (χ3v) is 21.4. The van der Waals surface area contributed by atoms with Crippen LogP contribution in [-0.2, 0) is 76.3 Å². The molecule has 0 bridgehead atoms. The van der Waals surface area contributed by atoms with Gasteiger partial charge in [-0.05, 0) is 109 Å². The summed E-state index contributed by atoms with van der Waals surface area (Å²) in [5, 5.41) is 28.4. The zero-order valence-electron chi connectivity index (χ0n) is 54.3. The second-order valence-electron chi connectivity index (χ2n) is 24.1. The van der Waals surface area contributed by atoms with Crippen molar-refractivity contribution in [1.29, 1.82) is 0 Å². The van der Waals surface area contributed by atoms with E-state index in [0.717, 1.165) is 123 Å². The predicted octanol–water partition coefficient (Wildman–Crippen LogP) is 4.81. The maximum Gasteiger partial charge on any atom is 0.490 e. The molecule has 102 heavy (non-hydrogen) atoms. The Balaban J connectivity index is 0.611. The van der Waals surface area contributed by atoms with Gasteiger partial charge in [-0.25, -0.2) is 33.0 Å². The van der Waals surface area contributed by atoms with E-state index in [0.29, 0.717) is 5.56 Å². The molecule has 4 aromatic carbocycles. The number of azide groups is 2. The van der Waals surface area contributed by atoms with Gasteiger partial charge >= 0.3 is 29.4 Å². The number of anilines is 2. The molecule has 6 aliphatic rings. The van der Waals surface area contributed by atoms with E-state index in [4.69, 9.17) is 54.0 Å². The lowest BCUT2D eigenvalue weighted by Gasteiger charge is -2.39. The minimum absolute atomic E-state index is 0.00294. The zero-order chi connectivity index (χ0) is 71.9. The number of rotatable bonds is 29. The molecule has 10 N–H and O–H groups in total. The summed E-state index contributed by atoms with van der Waals surface area (Å²) in [6.45, 7) is 1.38. The third-order valence-electron chi connectivity index (χ3n) is 17.6. The molecule has 1 fully saturated rings. The second-order valence-corrected chi connectivity index (χ2v) is 28.6. The van der Waals surface area contributed by atoms with Gasteiger partial charge in [0.15, 0.2) is 6.23 Å². The van der Waals surface area contributed by atoms with E-state index in [1.165, 1.54) is 51.1 Å². The van der Waals surface area contributed by atoms with Crippen LogP contribution in [0.5, 0.6) is 17.2 Å². The molecule has 536 valence electrons. The Kier molecular flexibility index (Phi) is 22.4. The number of aryl methyl sites for hydroxylation is 2. The Morgan fingerprint density at radius 3 is 2.36 bits per heavy atom. The van der Waals surface area contributed by atoms with Crippen LogP contribution in [0.25, 0.3) is 37.5 Å². The Morgan fingerprint density at radius 2 is 1.60 bits per heavy atom. The van der Waals surface area contributed by atoms with E-state index in [-0.39, 0.29) is 90.7 Å². The van der Waals surface area contributed by atoms with Gasteiger partial charge in [0.05, 0.1) is 54.5 Å². The van der Waals surface area contributed by atoms with Gasteiger partial charge in [0.25, 0.3) is 11.8 Å². The molecule has 36 nitrogen and oxygen atoms in total. The van der Waals surface area contributed by atoms with Crippen molar-refractivity contribution in [2.45, 2.75) is 82.5 Å². The van der Waals surface area contributed by atoms with Crippen LogP contribution in [0.15, 0.2) is 77.3 Å². The third kappa shape index (κ3) is 16.7. The number of carboxylic acid groups (broad SMARTS) is 1. The molecule has 0 spiro atoms. The zero-order valence-corrected chi connectivity index (χ0v) is 57.0. The Hall–Kier alpha value is -9.32. The van der Waals surface area contributed by atoms with E-state index < -0.39 is 91.8 Å². The molecular formula is C63H69N15O21P3+. The standard InChI is InChI=1S/C63H68N15O21P3/c64-59-53-40(30-78(60(53)71-34-70-59)52-29-48(94-35-72-74-65)49(96-52)31-95-101(87,88)99-102(89,90)98-100(84,85)86)8-2-16-67-50(79)32-91-23-24-92-51(73-75-66)33-93-41-11-1-7-38(25-41)61(80)68-17-18-69-62(81)39-14-15-42(63(82)83)45(28-39)54-46-26-36-9-3-19-76-21-5-12-43(55(36)76)57(46)97-58-44-13-6-22-77-20-4-10-37(56(44)77)27-47(54)58/h1,7,11,14-15,25-28,30,34,48-49,51-52H,3-6,9-10,12-13,16-24,29,31-33,35H2,(H9-,64,67,68,69,70,71,79,80,81,82,83,84,85,86,87,88,89,90)/p+1. The highest BCUT2D eigenvalue weighted by atomic mass is 31.3. The number of carboxylic acids is 1. The minimum Gasteiger partial charge on any atom is -0.491 e. The summed E-state index contributed by atoms with van der Waals surface area (Å²) in [6.07, 6.45) is 5.47. The summed E-state index contributed by atoms with van der Waals surface area (Å²) in [5.41, 5.74) is 33.2. The number of nitrogens with one attached hydrogen (secondary N) is 3. The number of hydrogen-bond acceptors (Lipinski definition) is 22. The van der Waals surface area contributed by atoms with Gasteiger partial charge < -0.3 is 84.3 Å². The Morgan fingerprint density at radius 1 is 0.843 bits per heavy atom. The van der Waals surface area contributed by atoms with Crippen LogP contribution in [-0.4, -0.2) is 167 Å². The maximum atomic E-state index is 14.1. The highest BCUT2D eigenvalue weighted by molar-refractivity contribution is 7.66. The predicted molar refractivity (Wildman–Crippen MR) is 359 cm³/mol. The van der Waals surface area contributed by atoms with Crippen molar-refractivity contribution < 1.29 is 99.1 Å². The summed E-state index contributed by atoms with van der Waals surface area (Å²) >= 11 is 0. The monoisotopic (exact) mass is 1460 g/mol. The molecule has 12 rings (SSSR count). The molecular weight excluding hydrogens is 1400 g/mol. The van der Waals surface area contributed by atoms with Crippen molar-refractivity contribution in [3.05, 3.63) is 154 Å². The summed E-state index contributed by atoms with van der Waals surface area (Å²) in [6, 6.07) is 15.2. The smallest absolute Gasteiger partial charge is 0.490 e. The number of ether oxygens (including phenoxy) is 6. The number of nitrogen functional groups attached to an aromatic ring is 1. The number of benzene rings is 4. The number of hydrogen-bond donors (Lipinski definition) is 9. The number of phosphoric acid groups is 3. The molecule has 39 heteroatoms. The summed E-state index contributed by atoms with van der Waals surface area (Å²) in [4.78, 5) is 107. The molecule has 1 saturated heterocycles. The molecule has 6 unspecified atom stereocenters. The normalized spacial score (nSPS) is 18.5. The van der Waals surface area contributed by atoms with Crippen LogP contribution < -0.4 is 51.2 Å². The summed E-state index contributed by atoms with van der Waals surface area (Å²) in [5.74, 6) is 4.82. The van der Waals surface area contributed by atoms with Gasteiger partial charge in [0.1, 0.15) is 80.4 Å². The number of aromatic nitrogens is 3. The molecule has 6 atom stereocenters. The van der Waals surface area contributed by atoms with Gasteiger partial charge in [-0.15, -0.1) is 0 Å². The highest BCUT2D eigenvalue weighted by Gasteiger charge is 2.45. The molecule has 8 heterocycles. The SMILES string of the molecule is [N-]=[N+]=NCOC1CC(n2cc(C#CCNC(=O)COCCOC(COc3cccc(C(=O)NCCNC(=O)c4ccc(C(=O)O)c(C5=c6cc7c8c(c6Oc6c5cc5c9c6CCCN9CCC5)CCC[N+]=8CCC7)c4)c3)N=[N+]=[N-])c3c(N)ncnc32)OC1COP(=O)(O)OP(=O)(O)OP(=O)(O)O. The number of carbonyl (C=O) groups is 4. The number of aromatic carboxylic acids is 1. The molecule has 2 aromatic heterocycles. The van der Waals surface area contributed by atoms with Crippen molar-refractivity contribution in [2.24, 2.45) is 10.2 Å². The molecule has 6 aromatic rings. The molecule has 3 amide bonds. The van der Waals surface area contributed by atoms with Gasteiger partial charge in [-0.1, -0.05) is 28.1 Å². The Labute approximate surface area is 579 Å². The highest BCUT2D eigenvalue weighted by Crippen LogP contribution is 2.66. The van der Waals surface area contributed by atoms with Crippen molar-refractivity contribution in [1.82, 2.24) is 35.1 Å². The van der Waals surface area contributed by atoms with Crippen LogP contribution in [0.4, 0.5) is 11.5 Å². The van der Waals surface area contributed by atoms with E-state index in [9.17, 15) is 53.3 Å². The number of nitrogens with zero attached hydrogens (tertiary/aromatic N) is 11. The van der Waals surface area contributed by atoms with E-state index >= 15 is 0 Å². The molecule has 0 aliphatic carbocycles. The van der Waals surface area contributed by atoms with Crippen molar-refractivity contribution in [2.75, 3.05) is 96.2 Å². The minimum atomic E-state index is -5.83. The quantitative estimate of drug-likeness (QED) is 0.00578. The first kappa shape index (κ1) is 72.5. The Bertz CT molecular complexity index is 4790. The van der Waals surface area contributed by atoms with E-state index in [2.05, 4.69) is 88.0 Å². The largest absolute Gasteiger partial charge is 0.491 e. The van der Waals surface area contributed by atoms with Gasteiger partial charge in [-0.2, -0.15) is 8.62 Å². The topological polar surface area (TPSA) is 500 Å². The lowest BCUT2D eigenvalue weighted by atomic mass is 9.81. The first-order valence-corrected chi connectivity index (χ1v) is 36.8. The first-order valence-electron chi connectivity index (χ1n) is 32.3. The summed E-state index contributed by atoms with van der Waals surface area (Å²) in [7, 11) is -17.1. The molecule has 6 aliphatic heterocycles. The van der Waals surface area contributed by atoms with Crippen LogP contribution >= 0.6 is 23.5 Å². The van der Waals surface area contributed by atoms with Crippen molar-refractivity contribution >= 4 is 75.3 Å². The number of amides is 3. The molecule has 0 saturated carbocycles. The van der Waals surface area contributed by atoms with Gasteiger partial charge in [0.2, 0.25) is 11.3 Å². The van der Waals surface area contributed by atoms with E-state index in [1.807, 2.05) is 0 Å². The average Bonchev–Trinajstić information content (AvgIpc) is 1.13. The van der Waals surface area contributed by atoms with Gasteiger partial charge in [0, 0.05) is 106 Å². The van der Waals surface area contributed by atoms with Crippen molar-refractivity contribution in [3.8, 4) is 29.1 Å². The number of carbonyl (C=O) groups excluding carboxylic acids is 3. The first-order chi connectivity index (χ1) is 49.1. The maximum absolute atomic E-state index is 14.1. The van der Waals surface area contributed by atoms with E-state index in [1.54, 1.807) is 24.3 Å². The van der Waals surface area contributed by atoms with Crippen LogP contribution in [0.1, 0.15) is 108 Å². The average molecular weight is 1470 g/mol. The lowest BCUT2D eigenvalue weighted by molar-refractivity contribution is -0.126. The number of nitrogens with two attached hydrogens (primary N) is 1. The fourth-order valence-corrected chi connectivity index (χ4v) is 16.5. The van der Waals surface area contributed by atoms with Gasteiger partial charge in [-0.3, -0.25) is 18.9 Å². The second kappa shape index (κ2) is 31.5. The number of phosphoric ester groups is 1. The van der Waals surface area contributed by atoms with Crippen LogP contribution in [0, 0.1) is 11.8 Å². The fourth-order valence-electron chi connectivity index (χ4n) is 13.5. The lowest BCUT2D eigenvalue weighted by Crippen LogP contribution is -2.45. The van der Waals surface area contributed by atoms with Crippen LogP contribution in [0.3, 0.4) is 0 Å². The fraction of sp³-hybridized carbons (Fsp3) is 0.413. The number of fused-ring (bicyclic) bond motifs is 5. The van der Waals surface area contributed by atoms with Crippen molar-refractivity contribution in [3.63, 3.8) is 0 Å². The summed E-state index contributed by atoms with van der Waals surface area (Å²) < 4.78 is 87.3. The van der Waals surface area contributed by atoms with Crippen LogP contribution in [0.2, 0.25) is 0 Å². The molecule has 0 radical (unpaired) electrons.